The van der Waals surface area contributed by atoms with E-state index in [1.54, 1.807) is 12.1 Å². The Kier molecular flexibility index (Phi) is 5.86. The summed E-state index contributed by atoms with van der Waals surface area (Å²) >= 11 is 5.19. The van der Waals surface area contributed by atoms with Crippen molar-refractivity contribution in [3.05, 3.63) is 75.9 Å². The van der Waals surface area contributed by atoms with Gasteiger partial charge in [0, 0.05) is 5.56 Å². The van der Waals surface area contributed by atoms with Crippen LogP contribution in [0.25, 0.3) is 0 Å². The molecule has 0 aliphatic heterocycles. The molecular weight excluding hydrogens is 360 g/mol. The van der Waals surface area contributed by atoms with Gasteiger partial charge in [-0.05, 0) is 42.3 Å². The third-order valence-corrected chi connectivity index (χ3v) is 4.47. The molecule has 0 N–H and O–H groups in total. The second-order valence-corrected chi connectivity index (χ2v) is 7.04. The molecule has 3 aromatic rings. The molecule has 3 rings (SSSR count). The number of Topliss-reactive ketones (excluding diaryl/α,β-unsaturated/α-hetero) is 1. The van der Waals surface area contributed by atoms with E-state index in [4.69, 9.17) is 21.4 Å². The van der Waals surface area contributed by atoms with Crippen LogP contribution in [0, 0.1) is 11.8 Å². The van der Waals surface area contributed by atoms with Crippen LogP contribution < -0.4 is 4.74 Å². The third-order valence-electron chi connectivity index (χ3n) is 4.18. The van der Waals surface area contributed by atoms with Crippen molar-refractivity contribution in [3.63, 3.8) is 0 Å². The van der Waals surface area contributed by atoms with E-state index in [2.05, 4.69) is 31.1 Å². The number of carbonyl (C=O) groups is 1. The van der Waals surface area contributed by atoms with Gasteiger partial charge >= 0.3 is 0 Å². The number of benzene rings is 2. The van der Waals surface area contributed by atoms with Gasteiger partial charge in [0.05, 0.1) is 0 Å². The summed E-state index contributed by atoms with van der Waals surface area (Å²) < 4.78 is 12.8. The largest absolute Gasteiger partial charge is 0.484 e. The van der Waals surface area contributed by atoms with Crippen LogP contribution in [0.15, 0.2) is 52.9 Å². The molecule has 0 bridgehead atoms. The molecule has 0 spiro atoms. The Morgan fingerprint density at radius 3 is 2.67 bits per heavy atom. The minimum Gasteiger partial charge on any atom is -0.484 e. The first-order chi connectivity index (χ1) is 12.9. The van der Waals surface area contributed by atoms with E-state index in [-0.39, 0.29) is 23.8 Å². The molecule has 0 aliphatic rings. The Morgan fingerprint density at radius 2 is 1.96 bits per heavy atom. The standard InChI is InChI=1S/C21H22N2O3S/c1-14(2)17-10-9-15(3)11-19(17)25-13-20-22-23(21(27)26-20)12-18(24)16-7-5-4-6-8-16/h4-11,14H,12-13H2,1-3H3. The third kappa shape index (κ3) is 4.71. The molecule has 1 heterocycles. The lowest BCUT2D eigenvalue weighted by Gasteiger charge is -2.13. The second-order valence-electron chi connectivity index (χ2n) is 6.69. The van der Waals surface area contributed by atoms with Crippen LogP contribution in [0.3, 0.4) is 0 Å². The summed E-state index contributed by atoms with van der Waals surface area (Å²) in [7, 11) is 0. The van der Waals surface area contributed by atoms with Crippen LogP contribution in [0.5, 0.6) is 5.75 Å². The first kappa shape index (κ1) is 19.0. The number of ether oxygens (including phenoxy) is 1. The highest BCUT2D eigenvalue weighted by Crippen LogP contribution is 2.28. The van der Waals surface area contributed by atoms with Crippen LogP contribution in [0.4, 0.5) is 0 Å². The summed E-state index contributed by atoms with van der Waals surface area (Å²) in [6.45, 7) is 6.44. The summed E-state index contributed by atoms with van der Waals surface area (Å²) in [6.07, 6.45) is 0. The lowest BCUT2D eigenvalue weighted by molar-refractivity contribution is 0.0966. The highest BCUT2D eigenvalue weighted by molar-refractivity contribution is 7.71. The number of aromatic nitrogens is 2. The van der Waals surface area contributed by atoms with Crippen molar-refractivity contribution < 1.29 is 13.9 Å². The predicted octanol–water partition coefficient (Wildman–Crippen LogP) is 5.10. The molecule has 27 heavy (non-hydrogen) atoms. The number of hydrogen-bond donors (Lipinski definition) is 0. The average Bonchev–Trinajstić information content (AvgIpc) is 3.00. The molecule has 6 heteroatoms. The van der Waals surface area contributed by atoms with E-state index < -0.39 is 0 Å². The number of hydrogen-bond acceptors (Lipinski definition) is 5. The zero-order chi connectivity index (χ0) is 19.4. The molecule has 0 fully saturated rings. The Labute approximate surface area is 163 Å². The van der Waals surface area contributed by atoms with Crippen molar-refractivity contribution in [2.75, 3.05) is 0 Å². The van der Waals surface area contributed by atoms with Crippen molar-refractivity contribution in [2.24, 2.45) is 0 Å². The van der Waals surface area contributed by atoms with Gasteiger partial charge < -0.3 is 9.15 Å². The number of nitrogens with zero attached hydrogens (tertiary/aromatic N) is 2. The second kappa shape index (κ2) is 8.31. The van der Waals surface area contributed by atoms with Crippen LogP contribution in [0.1, 0.15) is 47.1 Å². The molecule has 0 atom stereocenters. The van der Waals surface area contributed by atoms with E-state index >= 15 is 0 Å². The van der Waals surface area contributed by atoms with Crippen molar-refractivity contribution >= 4 is 18.0 Å². The fourth-order valence-electron chi connectivity index (χ4n) is 2.74. The fourth-order valence-corrected chi connectivity index (χ4v) is 2.94. The lowest BCUT2D eigenvalue weighted by Crippen LogP contribution is -2.12. The van der Waals surface area contributed by atoms with E-state index in [1.165, 1.54) is 4.68 Å². The SMILES string of the molecule is Cc1ccc(C(C)C)c(OCc2nn(CC(=O)c3ccccc3)c(=S)o2)c1. The maximum atomic E-state index is 12.3. The van der Waals surface area contributed by atoms with Gasteiger partial charge in [0.15, 0.2) is 12.4 Å². The smallest absolute Gasteiger partial charge is 0.287 e. The van der Waals surface area contributed by atoms with E-state index in [0.29, 0.717) is 17.4 Å². The summed E-state index contributed by atoms with van der Waals surface area (Å²) in [5, 5.41) is 4.29. The average molecular weight is 382 g/mol. The minimum atomic E-state index is -0.0757. The van der Waals surface area contributed by atoms with E-state index in [0.717, 1.165) is 16.9 Å². The van der Waals surface area contributed by atoms with Gasteiger partial charge in [0.1, 0.15) is 12.3 Å². The first-order valence-corrected chi connectivity index (χ1v) is 9.23. The Balaban J connectivity index is 1.71. The molecular formula is C21H22N2O3S. The number of ketones is 1. The number of aryl methyl sites for hydroxylation is 1. The van der Waals surface area contributed by atoms with Crippen molar-refractivity contribution in [2.45, 2.75) is 39.8 Å². The maximum Gasteiger partial charge on any atom is 0.287 e. The van der Waals surface area contributed by atoms with Crippen LogP contribution >= 0.6 is 12.2 Å². The fraction of sp³-hybridized carbons (Fsp3) is 0.286. The van der Waals surface area contributed by atoms with Gasteiger partial charge in [-0.3, -0.25) is 4.79 Å². The Hall–Kier alpha value is -2.73. The van der Waals surface area contributed by atoms with Crippen molar-refractivity contribution in [1.29, 1.82) is 0 Å². The summed E-state index contributed by atoms with van der Waals surface area (Å²) in [6, 6.07) is 15.2. The molecule has 2 aromatic carbocycles. The monoisotopic (exact) mass is 382 g/mol. The van der Waals surface area contributed by atoms with Crippen molar-refractivity contribution in [1.82, 2.24) is 9.78 Å². The van der Waals surface area contributed by atoms with Crippen LogP contribution in [-0.2, 0) is 13.2 Å². The Bertz CT molecular complexity index is 990. The van der Waals surface area contributed by atoms with Gasteiger partial charge in [-0.15, -0.1) is 5.10 Å². The lowest BCUT2D eigenvalue weighted by atomic mass is 10.0. The van der Waals surface area contributed by atoms with Gasteiger partial charge in [-0.2, -0.15) is 0 Å². The maximum absolute atomic E-state index is 12.3. The van der Waals surface area contributed by atoms with Gasteiger partial charge in [-0.25, -0.2) is 4.68 Å². The summed E-state index contributed by atoms with van der Waals surface area (Å²) in [5.41, 5.74) is 2.86. The topological polar surface area (TPSA) is 57.3 Å². The van der Waals surface area contributed by atoms with Gasteiger partial charge in [0.2, 0.25) is 0 Å². The molecule has 0 amide bonds. The summed E-state index contributed by atoms with van der Waals surface area (Å²) in [5.74, 6) is 1.42. The zero-order valence-electron chi connectivity index (χ0n) is 15.6. The molecule has 0 unspecified atom stereocenters. The zero-order valence-corrected chi connectivity index (χ0v) is 16.5. The van der Waals surface area contributed by atoms with Crippen LogP contribution in [-0.4, -0.2) is 15.6 Å². The van der Waals surface area contributed by atoms with E-state index in [9.17, 15) is 4.79 Å². The summed E-state index contributed by atoms with van der Waals surface area (Å²) in [4.78, 5) is 12.5. The minimum absolute atomic E-state index is 0.0357. The number of rotatable bonds is 7. The van der Waals surface area contributed by atoms with E-state index in [1.807, 2.05) is 31.2 Å². The number of carbonyl (C=O) groups excluding carboxylic acids is 1. The highest BCUT2D eigenvalue weighted by Gasteiger charge is 2.13. The van der Waals surface area contributed by atoms with Crippen LogP contribution in [0.2, 0.25) is 0 Å². The molecule has 0 saturated heterocycles. The normalized spacial score (nSPS) is 11.0. The molecule has 5 nitrogen and oxygen atoms in total. The quantitative estimate of drug-likeness (QED) is 0.420. The molecule has 140 valence electrons. The molecule has 0 aliphatic carbocycles. The van der Waals surface area contributed by atoms with Gasteiger partial charge in [0.25, 0.3) is 10.7 Å². The van der Waals surface area contributed by atoms with Gasteiger partial charge in [-0.1, -0.05) is 56.3 Å². The Morgan fingerprint density at radius 1 is 1.22 bits per heavy atom. The first-order valence-electron chi connectivity index (χ1n) is 8.82. The molecule has 0 radical (unpaired) electrons. The highest BCUT2D eigenvalue weighted by atomic mass is 32.1. The molecule has 0 saturated carbocycles. The van der Waals surface area contributed by atoms with Crippen molar-refractivity contribution in [3.8, 4) is 5.75 Å². The predicted molar refractivity (Wildman–Crippen MR) is 106 cm³/mol. The molecule has 1 aromatic heterocycles.